The molecular formula is C27H24BF4N. The molecule has 168 valence electrons. The van der Waals surface area contributed by atoms with Crippen LogP contribution in [0.25, 0.3) is 33.6 Å². The van der Waals surface area contributed by atoms with Crippen molar-refractivity contribution >= 4 is 7.25 Å². The molecule has 33 heavy (non-hydrogen) atoms. The molecular weight excluding hydrogens is 425 g/mol. The highest BCUT2D eigenvalue weighted by molar-refractivity contribution is 6.50. The van der Waals surface area contributed by atoms with Crippen molar-refractivity contribution in [3.05, 3.63) is 116 Å². The molecule has 0 aliphatic carbocycles. The lowest BCUT2D eigenvalue weighted by molar-refractivity contribution is -0.687. The Morgan fingerprint density at radius 2 is 0.970 bits per heavy atom. The highest BCUT2D eigenvalue weighted by Crippen LogP contribution is 2.30. The summed E-state index contributed by atoms with van der Waals surface area (Å²) in [5, 5.41) is 0. The highest BCUT2D eigenvalue weighted by atomic mass is 19.5. The molecule has 0 saturated carbocycles. The third-order valence-electron chi connectivity index (χ3n) is 5.10. The van der Waals surface area contributed by atoms with Crippen LogP contribution in [0.4, 0.5) is 17.3 Å². The summed E-state index contributed by atoms with van der Waals surface area (Å²) in [4.78, 5) is 0. The minimum absolute atomic E-state index is 0.162. The van der Waals surface area contributed by atoms with Crippen LogP contribution in [-0.2, 0) is 0 Å². The second-order valence-corrected chi connectivity index (χ2v) is 7.45. The predicted molar refractivity (Wildman–Crippen MR) is 128 cm³/mol. The fourth-order valence-electron chi connectivity index (χ4n) is 3.61. The Kier molecular flexibility index (Phi) is 7.83. The first-order valence-corrected chi connectivity index (χ1v) is 10.5. The van der Waals surface area contributed by atoms with E-state index in [1.807, 2.05) is 6.08 Å². The van der Waals surface area contributed by atoms with Gasteiger partial charge in [0.1, 0.15) is 0 Å². The number of hydrogen-bond donors (Lipinski definition) is 0. The zero-order chi connectivity index (χ0) is 23.8. The van der Waals surface area contributed by atoms with Gasteiger partial charge in [0.2, 0.25) is 11.4 Å². The van der Waals surface area contributed by atoms with Crippen molar-refractivity contribution in [3.8, 4) is 33.6 Å². The lowest BCUT2D eigenvalue weighted by atomic mass is 9.98. The van der Waals surface area contributed by atoms with Crippen molar-refractivity contribution in [2.24, 2.45) is 0 Å². The zero-order valence-corrected chi connectivity index (χ0v) is 18.2. The third kappa shape index (κ3) is 6.66. The SMILES string of the molecule is C=CC(C)[n+]1c(-c2ccccc2)cc(-c2ccccc2)cc1-c1ccccc1.F[B-](F)(F)F. The minimum Gasteiger partial charge on any atom is -0.418 e. The van der Waals surface area contributed by atoms with Gasteiger partial charge < -0.3 is 17.3 Å². The average Bonchev–Trinajstić information content (AvgIpc) is 2.83. The fourth-order valence-corrected chi connectivity index (χ4v) is 3.61. The van der Waals surface area contributed by atoms with Crippen molar-refractivity contribution < 1.29 is 21.8 Å². The quantitative estimate of drug-likeness (QED) is 0.126. The van der Waals surface area contributed by atoms with Crippen molar-refractivity contribution in [3.63, 3.8) is 0 Å². The average molecular weight is 449 g/mol. The molecule has 0 N–H and O–H groups in total. The fraction of sp³-hybridized carbons (Fsp3) is 0.0741. The molecule has 1 unspecified atom stereocenters. The van der Waals surface area contributed by atoms with Crippen LogP contribution in [0, 0.1) is 0 Å². The molecule has 4 rings (SSSR count). The maximum absolute atomic E-state index is 9.75. The normalized spacial score (nSPS) is 11.8. The van der Waals surface area contributed by atoms with Gasteiger partial charge in [-0.25, -0.2) is 0 Å². The molecule has 1 atom stereocenters. The van der Waals surface area contributed by atoms with E-state index in [0.717, 1.165) is 0 Å². The molecule has 0 bridgehead atoms. The predicted octanol–water partition coefficient (Wildman–Crippen LogP) is 8.02. The lowest BCUT2D eigenvalue weighted by Gasteiger charge is -2.15. The Bertz CT molecular complexity index is 1110. The standard InChI is InChI=1S/C27H24N.BF4/c1-3-21(2)28-26(23-15-9-5-10-16-23)19-25(22-13-7-4-8-14-22)20-27(28)24-17-11-6-12-18-24;2-1(3,4)5/h3-21H,1H2,2H3;/q+1;-1. The first kappa shape index (κ1) is 24.0. The number of nitrogens with zero attached hydrogens (tertiary/aromatic N) is 1. The Morgan fingerprint density at radius 1 is 0.636 bits per heavy atom. The highest BCUT2D eigenvalue weighted by Gasteiger charge is 2.25. The van der Waals surface area contributed by atoms with Crippen molar-refractivity contribution in [2.45, 2.75) is 13.0 Å². The van der Waals surface area contributed by atoms with Gasteiger partial charge in [-0.3, -0.25) is 0 Å². The summed E-state index contributed by atoms with van der Waals surface area (Å²) in [5.41, 5.74) is 7.21. The molecule has 0 fully saturated rings. The zero-order valence-electron chi connectivity index (χ0n) is 18.2. The van der Waals surface area contributed by atoms with Gasteiger partial charge in [0.15, 0.2) is 6.04 Å². The summed E-state index contributed by atoms with van der Waals surface area (Å²) in [6, 6.07) is 36.5. The van der Waals surface area contributed by atoms with E-state index in [1.54, 1.807) is 0 Å². The van der Waals surface area contributed by atoms with E-state index in [-0.39, 0.29) is 6.04 Å². The Morgan fingerprint density at radius 3 is 1.30 bits per heavy atom. The number of aromatic nitrogens is 1. The van der Waals surface area contributed by atoms with Crippen LogP contribution < -0.4 is 4.57 Å². The second kappa shape index (κ2) is 10.8. The number of allylic oxidation sites excluding steroid dienone is 1. The Balaban J connectivity index is 0.000000555. The van der Waals surface area contributed by atoms with E-state index in [2.05, 4.69) is 121 Å². The molecule has 1 nitrogen and oxygen atoms in total. The Labute approximate surface area is 191 Å². The topological polar surface area (TPSA) is 3.88 Å². The van der Waals surface area contributed by atoms with Gasteiger partial charge >= 0.3 is 7.25 Å². The molecule has 0 aliphatic heterocycles. The second-order valence-electron chi connectivity index (χ2n) is 7.45. The Hall–Kier alpha value is -3.67. The number of pyridine rings is 1. The smallest absolute Gasteiger partial charge is 0.418 e. The summed E-state index contributed by atoms with van der Waals surface area (Å²) in [7, 11) is -6.00. The molecule has 0 spiro atoms. The van der Waals surface area contributed by atoms with Gasteiger partial charge in [-0.1, -0.05) is 73.3 Å². The van der Waals surface area contributed by atoms with Gasteiger partial charge in [-0.2, -0.15) is 4.57 Å². The molecule has 6 heteroatoms. The van der Waals surface area contributed by atoms with Gasteiger partial charge in [-0.05, 0) is 41.5 Å². The van der Waals surface area contributed by atoms with E-state index in [4.69, 9.17) is 0 Å². The molecule has 0 aliphatic rings. The molecule has 0 radical (unpaired) electrons. The van der Waals surface area contributed by atoms with E-state index in [0.29, 0.717) is 0 Å². The molecule has 3 aromatic carbocycles. The van der Waals surface area contributed by atoms with E-state index in [9.17, 15) is 17.3 Å². The van der Waals surface area contributed by atoms with Crippen molar-refractivity contribution in [1.82, 2.24) is 0 Å². The molecule has 0 amide bonds. The van der Waals surface area contributed by atoms with Gasteiger partial charge in [0, 0.05) is 30.2 Å². The summed E-state index contributed by atoms with van der Waals surface area (Å²) >= 11 is 0. The monoisotopic (exact) mass is 449 g/mol. The van der Waals surface area contributed by atoms with E-state index in [1.165, 1.54) is 33.6 Å². The summed E-state index contributed by atoms with van der Waals surface area (Å²) < 4.78 is 41.4. The van der Waals surface area contributed by atoms with Crippen molar-refractivity contribution in [1.29, 1.82) is 0 Å². The minimum atomic E-state index is -6.00. The van der Waals surface area contributed by atoms with Crippen LogP contribution in [0.1, 0.15) is 13.0 Å². The largest absolute Gasteiger partial charge is 0.673 e. The number of benzene rings is 3. The first-order valence-electron chi connectivity index (χ1n) is 10.5. The summed E-state index contributed by atoms with van der Waals surface area (Å²) in [6.07, 6.45) is 2.00. The van der Waals surface area contributed by atoms with Gasteiger partial charge in [0.05, 0.1) is 0 Å². The van der Waals surface area contributed by atoms with E-state index < -0.39 is 7.25 Å². The van der Waals surface area contributed by atoms with Gasteiger partial charge in [-0.15, -0.1) is 0 Å². The van der Waals surface area contributed by atoms with Crippen molar-refractivity contribution in [2.75, 3.05) is 0 Å². The molecule has 1 aromatic heterocycles. The molecule has 0 saturated heterocycles. The van der Waals surface area contributed by atoms with Crippen LogP contribution in [-0.4, -0.2) is 7.25 Å². The maximum atomic E-state index is 9.75. The summed E-state index contributed by atoms with van der Waals surface area (Å²) in [6.45, 7) is 6.25. The first-order chi connectivity index (χ1) is 15.8. The maximum Gasteiger partial charge on any atom is 0.673 e. The van der Waals surface area contributed by atoms with Crippen LogP contribution in [0.15, 0.2) is 116 Å². The van der Waals surface area contributed by atoms with Crippen LogP contribution in [0.5, 0.6) is 0 Å². The third-order valence-corrected chi connectivity index (χ3v) is 5.10. The van der Waals surface area contributed by atoms with E-state index >= 15 is 0 Å². The number of halogens is 4. The van der Waals surface area contributed by atoms with Crippen LogP contribution in [0.3, 0.4) is 0 Å². The van der Waals surface area contributed by atoms with Crippen LogP contribution >= 0.6 is 0 Å². The van der Waals surface area contributed by atoms with Crippen LogP contribution in [0.2, 0.25) is 0 Å². The molecule has 4 aromatic rings. The number of rotatable bonds is 5. The number of hydrogen-bond acceptors (Lipinski definition) is 0. The molecule has 1 heterocycles. The van der Waals surface area contributed by atoms with Gasteiger partial charge in [0.25, 0.3) is 0 Å². The summed E-state index contributed by atoms with van der Waals surface area (Å²) in [5.74, 6) is 0. The lowest BCUT2D eigenvalue weighted by Crippen LogP contribution is -2.41.